The van der Waals surface area contributed by atoms with Crippen LogP contribution in [0.25, 0.3) is 0 Å². The molecule has 1 fully saturated rings. The van der Waals surface area contributed by atoms with Crippen LogP contribution in [0, 0.1) is 5.92 Å². The Morgan fingerprint density at radius 3 is 3.11 bits per heavy atom. The second-order valence-corrected chi connectivity index (χ2v) is 5.44. The number of primary amides is 1. The van der Waals surface area contributed by atoms with Crippen molar-refractivity contribution in [3.05, 3.63) is 18.7 Å². The summed E-state index contributed by atoms with van der Waals surface area (Å²) >= 11 is 0. The zero-order valence-electron chi connectivity index (χ0n) is 11.6. The molecule has 0 aromatic carbocycles. The van der Waals surface area contributed by atoms with Crippen LogP contribution in [-0.4, -0.2) is 27.5 Å². The maximum atomic E-state index is 11.9. The Labute approximate surface area is 114 Å². The van der Waals surface area contributed by atoms with E-state index in [0.29, 0.717) is 5.92 Å². The van der Waals surface area contributed by atoms with Gasteiger partial charge in [-0.1, -0.05) is 13.3 Å². The lowest BCUT2D eigenvalue weighted by atomic mass is 9.83. The molecule has 5 heteroatoms. The Kier molecular flexibility index (Phi) is 4.58. The third-order valence-corrected chi connectivity index (χ3v) is 4.25. The third-order valence-electron chi connectivity index (χ3n) is 4.25. The predicted molar refractivity (Wildman–Crippen MR) is 74.4 cm³/mol. The molecule has 1 aromatic rings. The van der Waals surface area contributed by atoms with Gasteiger partial charge in [-0.15, -0.1) is 0 Å². The highest BCUT2D eigenvalue weighted by atomic mass is 16.1. The van der Waals surface area contributed by atoms with Gasteiger partial charge in [0.1, 0.15) is 5.54 Å². The maximum absolute atomic E-state index is 11.9. The van der Waals surface area contributed by atoms with Crippen LogP contribution >= 0.6 is 0 Å². The largest absolute Gasteiger partial charge is 0.368 e. The van der Waals surface area contributed by atoms with E-state index in [4.69, 9.17) is 5.73 Å². The monoisotopic (exact) mass is 264 g/mol. The Morgan fingerprint density at radius 1 is 1.63 bits per heavy atom. The van der Waals surface area contributed by atoms with Crippen molar-refractivity contribution < 1.29 is 4.79 Å². The van der Waals surface area contributed by atoms with E-state index in [1.165, 1.54) is 0 Å². The van der Waals surface area contributed by atoms with Gasteiger partial charge in [0, 0.05) is 18.9 Å². The second-order valence-electron chi connectivity index (χ2n) is 5.44. The van der Waals surface area contributed by atoms with E-state index < -0.39 is 5.54 Å². The van der Waals surface area contributed by atoms with Gasteiger partial charge in [-0.05, 0) is 38.1 Å². The summed E-state index contributed by atoms with van der Waals surface area (Å²) in [4.78, 5) is 16.0. The zero-order chi connectivity index (χ0) is 13.7. The number of rotatable bonds is 7. The molecule has 1 aromatic heterocycles. The van der Waals surface area contributed by atoms with Gasteiger partial charge >= 0.3 is 0 Å². The number of carbonyl (C=O) groups is 1. The van der Waals surface area contributed by atoms with E-state index in [1.807, 2.05) is 12.5 Å². The van der Waals surface area contributed by atoms with Gasteiger partial charge in [-0.2, -0.15) is 0 Å². The number of hydrogen-bond donors (Lipinski definition) is 2. The molecule has 1 heterocycles. The number of aryl methyl sites for hydroxylation is 1. The van der Waals surface area contributed by atoms with Gasteiger partial charge in [0.2, 0.25) is 5.91 Å². The molecular formula is C14H24N4O. The first-order valence-electron chi connectivity index (χ1n) is 7.19. The molecule has 5 nitrogen and oxygen atoms in total. The number of hydrogen-bond acceptors (Lipinski definition) is 3. The van der Waals surface area contributed by atoms with Gasteiger partial charge in [-0.3, -0.25) is 4.79 Å². The summed E-state index contributed by atoms with van der Waals surface area (Å²) in [5.41, 5.74) is 5.20. The second kappa shape index (κ2) is 6.19. The molecule has 0 spiro atoms. The van der Waals surface area contributed by atoms with E-state index in [2.05, 4.69) is 21.8 Å². The summed E-state index contributed by atoms with van der Waals surface area (Å²) in [5.74, 6) is 0.146. The lowest BCUT2D eigenvalue weighted by Gasteiger charge is -2.34. The van der Waals surface area contributed by atoms with Crippen molar-refractivity contribution >= 4 is 5.91 Å². The summed E-state index contributed by atoms with van der Waals surface area (Å²) in [6.07, 6.45) is 10.6. The quantitative estimate of drug-likeness (QED) is 0.779. The van der Waals surface area contributed by atoms with Gasteiger partial charge < -0.3 is 15.6 Å². The number of nitrogens with zero attached hydrogens (tertiary/aromatic N) is 2. The van der Waals surface area contributed by atoms with Crippen molar-refractivity contribution in [1.29, 1.82) is 0 Å². The van der Waals surface area contributed by atoms with Gasteiger partial charge in [0.15, 0.2) is 0 Å². The number of imidazole rings is 1. The first-order chi connectivity index (χ1) is 9.19. The van der Waals surface area contributed by atoms with Gasteiger partial charge in [0.05, 0.1) is 6.33 Å². The molecular weight excluding hydrogens is 240 g/mol. The van der Waals surface area contributed by atoms with E-state index in [9.17, 15) is 4.79 Å². The Morgan fingerprint density at radius 2 is 2.47 bits per heavy atom. The van der Waals surface area contributed by atoms with E-state index in [0.717, 1.165) is 45.2 Å². The molecule has 0 aliphatic heterocycles. The molecule has 19 heavy (non-hydrogen) atoms. The molecule has 1 amide bonds. The Bertz CT molecular complexity index is 404. The highest BCUT2D eigenvalue weighted by Gasteiger charge is 2.46. The minimum atomic E-state index is -0.489. The zero-order valence-corrected chi connectivity index (χ0v) is 11.6. The molecule has 106 valence electrons. The summed E-state index contributed by atoms with van der Waals surface area (Å²) in [6.45, 7) is 3.86. The van der Waals surface area contributed by atoms with Crippen LogP contribution in [0.4, 0.5) is 0 Å². The average molecular weight is 264 g/mol. The van der Waals surface area contributed by atoms with Crippen LogP contribution in [0.5, 0.6) is 0 Å². The van der Waals surface area contributed by atoms with Crippen LogP contribution in [0.2, 0.25) is 0 Å². The first kappa shape index (κ1) is 14.1. The molecule has 0 radical (unpaired) electrons. The summed E-state index contributed by atoms with van der Waals surface area (Å²) in [6, 6.07) is 0. The molecule has 1 aliphatic rings. The molecule has 2 atom stereocenters. The van der Waals surface area contributed by atoms with Crippen LogP contribution in [-0.2, 0) is 11.3 Å². The summed E-state index contributed by atoms with van der Waals surface area (Å²) in [5, 5.41) is 3.42. The fourth-order valence-corrected chi connectivity index (χ4v) is 3.18. The Hall–Kier alpha value is -1.36. The molecule has 2 rings (SSSR count). The van der Waals surface area contributed by atoms with Crippen molar-refractivity contribution in [2.24, 2.45) is 11.7 Å². The molecule has 1 saturated carbocycles. The fourth-order valence-electron chi connectivity index (χ4n) is 3.18. The topological polar surface area (TPSA) is 72.9 Å². The highest BCUT2D eigenvalue weighted by Crippen LogP contribution is 2.38. The van der Waals surface area contributed by atoms with Crippen LogP contribution in [0.15, 0.2) is 18.7 Å². The smallest absolute Gasteiger partial charge is 0.238 e. The molecule has 2 unspecified atom stereocenters. The Balaban J connectivity index is 2.02. The number of amides is 1. The number of carbonyl (C=O) groups excluding carboxylic acids is 1. The van der Waals surface area contributed by atoms with Gasteiger partial charge in [0.25, 0.3) is 0 Å². The van der Waals surface area contributed by atoms with E-state index >= 15 is 0 Å². The van der Waals surface area contributed by atoms with Crippen LogP contribution in [0.1, 0.15) is 39.0 Å². The summed E-state index contributed by atoms with van der Waals surface area (Å²) in [7, 11) is 0. The fraction of sp³-hybridized carbons (Fsp3) is 0.714. The van der Waals surface area contributed by atoms with E-state index in [-0.39, 0.29) is 5.91 Å². The van der Waals surface area contributed by atoms with Crippen molar-refractivity contribution in [2.45, 2.75) is 51.1 Å². The maximum Gasteiger partial charge on any atom is 0.238 e. The van der Waals surface area contributed by atoms with Crippen molar-refractivity contribution in [3.8, 4) is 0 Å². The normalized spacial score (nSPS) is 26.7. The minimum absolute atomic E-state index is 0.186. The number of nitrogens with two attached hydrogens (primary N) is 1. The van der Waals surface area contributed by atoms with Gasteiger partial charge in [-0.25, -0.2) is 4.98 Å². The number of aromatic nitrogens is 2. The molecule has 1 aliphatic carbocycles. The lowest BCUT2D eigenvalue weighted by Crippen LogP contribution is -2.58. The standard InChI is InChI=1S/C14H24N4O/c1-2-7-17-14(13(15)19)6-3-4-12(14)5-9-18-10-8-16-11-18/h8,10-12,17H,2-7,9H2,1H3,(H2,15,19). The predicted octanol–water partition coefficient (Wildman–Crippen LogP) is 1.30. The molecule has 0 bridgehead atoms. The van der Waals surface area contributed by atoms with Crippen LogP contribution < -0.4 is 11.1 Å². The first-order valence-corrected chi connectivity index (χ1v) is 7.19. The number of nitrogens with one attached hydrogen (secondary N) is 1. The SMILES string of the molecule is CCCNC1(C(N)=O)CCCC1CCn1ccnc1. The van der Waals surface area contributed by atoms with Crippen molar-refractivity contribution in [1.82, 2.24) is 14.9 Å². The molecule has 3 N–H and O–H groups in total. The van der Waals surface area contributed by atoms with E-state index in [1.54, 1.807) is 6.20 Å². The van der Waals surface area contributed by atoms with Crippen molar-refractivity contribution in [3.63, 3.8) is 0 Å². The lowest BCUT2D eigenvalue weighted by molar-refractivity contribution is -0.126. The van der Waals surface area contributed by atoms with Crippen LogP contribution in [0.3, 0.4) is 0 Å². The average Bonchev–Trinajstić information content (AvgIpc) is 3.03. The van der Waals surface area contributed by atoms with Crippen molar-refractivity contribution in [2.75, 3.05) is 6.54 Å². The third kappa shape index (κ3) is 2.97. The highest BCUT2D eigenvalue weighted by molar-refractivity contribution is 5.85. The summed E-state index contributed by atoms with van der Waals surface area (Å²) < 4.78 is 2.06. The molecule has 0 saturated heterocycles. The minimum Gasteiger partial charge on any atom is -0.368 e.